The molecule has 3 aromatic carbocycles. The van der Waals surface area contributed by atoms with Crippen LogP contribution in [-0.4, -0.2) is 37.4 Å². The van der Waals surface area contributed by atoms with Gasteiger partial charge < -0.3 is 20.7 Å². The summed E-state index contributed by atoms with van der Waals surface area (Å²) in [4.78, 5) is 36.2. The third-order valence-corrected chi connectivity index (χ3v) is 4.68. The third-order valence-electron chi connectivity index (χ3n) is 4.43. The van der Waals surface area contributed by atoms with E-state index >= 15 is 0 Å². The van der Waals surface area contributed by atoms with Gasteiger partial charge in [0.1, 0.15) is 11.6 Å². The van der Waals surface area contributed by atoms with Crippen molar-refractivity contribution in [3.63, 3.8) is 0 Å². The Labute approximate surface area is 194 Å². The molecule has 0 aromatic heterocycles. The van der Waals surface area contributed by atoms with Gasteiger partial charge in [-0.05, 0) is 72.8 Å². The lowest BCUT2D eigenvalue weighted by Crippen LogP contribution is -2.36. The Morgan fingerprint density at radius 1 is 0.758 bits per heavy atom. The highest BCUT2D eigenvalue weighted by molar-refractivity contribution is 6.30. The lowest BCUT2D eigenvalue weighted by atomic mass is 10.1. The van der Waals surface area contributed by atoms with E-state index in [0.717, 1.165) is 0 Å². The minimum atomic E-state index is -0.423. The van der Waals surface area contributed by atoms with E-state index in [-0.39, 0.29) is 37.4 Å². The van der Waals surface area contributed by atoms with E-state index in [1.165, 1.54) is 24.3 Å². The number of hydrogen-bond acceptors (Lipinski definition) is 4. The van der Waals surface area contributed by atoms with E-state index in [0.29, 0.717) is 27.6 Å². The average molecular weight is 470 g/mol. The summed E-state index contributed by atoms with van der Waals surface area (Å²) in [5.41, 5.74) is 1.21. The first kappa shape index (κ1) is 23.7. The predicted octanol–water partition coefficient (Wildman–Crippen LogP) is 3.66. The lowest BCUT2D eigenvalue weighted by molar-refractivity contribution is -0.123. The summed E-state index contributed by atoms with van der Waals surface area (Å²) < 4.78 is 18.3. The Bertz CT molecular complexity index is 1100. The van der Waals surface area contributed by atoms with Crippen LogP contribution in [0.1, 0.15) is 20.7 Å². The summed E-state index contributed by atoms with van der Waals surface area (Å²) in [6.45, 7) is 0.315. The molecule has 0 aliphatic carbocycles. The van der Waals surface area contributed by atoms with Crippen molar-refractivity contribution in [2.45, 2.75) is 0 Å². The Kier molecular flexibility index (Phi) is 8.37. The molecule has 0 bridgehead atoms. The Hall–Kier alpha value is -3.91. The van der Waals surface area contributed by atoms with Crippen LogP contribution in [0.5, 0.6) is 5.75 Å². The number of anilines is 1. The molecule has 0 fully saturated rings. The molecule has 3 aromatic rings. The fourth-order valence-electron chi connectivity index (χ4n) is 2.72. The van der Waals surface area contributed by atoms with Gasteiger partial charge in [-0.2, -0.15) is 0 Å². The Balaban J connectivity index is 1.37. The predicted molar refractivity (Wildman–Crippen MR) is 123 cm³/mol. The van der Waals surface area contributed by atoms with Gasteiger partial charge in [-0.3, -0.25) is 14.4 Å². The molecular weight excluding hydrogens is 449 g/mol. The molecule has 0 atom stereocenters. The van der Waals surface area contributed by atoms with E-state index in [1.807, 2.05) is 0 Å². The number of nitrogens with one attached hydrogen (secondary N) is 3. The number of benzene rings is 3. The summed E-state index contributed by atoms with van der Waals surface area (Å²) in [5, 5.41) is 8.59. The van der Waals surface area contributed by atoms with Crippen LogP contribution in [0.2, 0.25) is 5.02 Å². The minimum absolute atomic E-state index is 0.152. The normalized spacial score (nSPS) is 10.2. The highest BCUT2D eigenvalue weighted by atomic mass is 35.5. The van der Waals surface area contributed by atoms with Crippen LogP contribution in [0, 0.1) is 5.82 Å². The van der Waals surface area contributed by atoms with E-state index in [2.05, 4.69) is 16.0 Å². The third kappa shape index (κ3) is 7.62. The first-order chi connectivity index (χ1) is 15.9. The number of amides is 3. The van der Waals surface area contributed by atoms with Gasteiger partial charge in [-0.25, -0.2) is 4.39 Å². The summed E-state index contributed by atoms with van der Waals surface area (Å²) in [6, 6.07) is 18.1. The average Bonchev–Trinajstić information content (AvgIpc) is 2.82. The maximum Gasteiger partial charge on any atom is 0.258 e. The summed E-state index contributed by atoms with van der Waals surface area (Å²) in [5.74, 6) is -0.922. The standard InChI is InChI=1S/C24H21ClFN3O4/c25-18-5-11-21(12-6-18)33-15-22(30)27-13-14-28-23(31)16-3-9-20(10-4-16)29-24(32)17-1-7-19(26)8-2-17/h1-12H,13-15H2,(H,27,30)(H,28,31)(H,29,32). The van der Waals surface area contributed by atoms with Crippen LogP contribution in [0.4, 0.5) is 10.1 Å². The van der Waals surface area contributed by atoms with Crippen LogP contribution < -0.4 is 20.7 Å². The highest BCUT2D eigenvalue weighted by Gasteiger charge is 2.09. The van der Waals surface area contributed by atoms with Crippen molar-refractivity contribution < 1.29 is 23.5 Å². The molecule has 170 valence electrons. The largest absolute Gasteiger partial charge is 0.484 e. The van der Waals surface area contributed by atoms with Gasteiger partial charge >= 0.3 is 0 Å². The molecule has 3 rings (SSSR count). The van der Waals surface area contributed by atoms with Gasteiger partial charge in [0.25, 0.3) is 17.7 Å². The number of carbonyl (C=O) groups is 3. The van der Waals surface area contributed by atoms with Crippen molar-refractivity contribution in [3.8, 4) is 5.75 Å². The molecule has 0 spiro atoms. The Morgan fingerprint density at radius 2 is 1.33 bits per heavy atom. The van der Waals surface area contributed by atoms with Gasteiger partial charge in [-0.15, -0.1) is 0 Å². The molecule has 0 aliphatic heterocycles. The van der Waals surface area contributed by atoms with Gasteiger partial charge in [-0.1, -0.05) is 11.6 Å². The number of ether oxygens (including phenoxy) is 1. The molecule has 0 radical (unpaired) electrons. The molecule has 7 nitrogen and oxygen atoms in total. The molecule has 3 N–H and O–H groups in total. The first-order valence-corrected chi connectivity index (χ1v) is 10.4. The van der Waals surface area contributed by atoms with Crippen LogP contribution in [0.3, 0.4) is 0 Å². The second kappa shape index (κ2) is 11.6. The monoisotopic (exact) mass is 469 g/mol. The fourth-order valence-corrected chi connectivity index (χ4v) is 2.85. The molecule has 9 heteroatoms. The van der Waals surface area contributed by atoms with E-state index in [9.17, 15) is 18.8 Å². The van der Waals surface area contributed by atoms with Crippen molar-refractivity contribution in [3.05, 3.63) is 94.8 Å². The molecule has 0 aliphatic rings. The smallest absolute Gasteiger partial charge is 0.258 e. The summed E-state index contributed by atoms with van der Waals surface area (Å²) in [7, 11) is 0. The SMILES string of the molecule is O=C(COc1ccc(Cl)cc1)NCCNC(=O)c1ccc(NC(=O)c2ccc(F)cc2)cc1. The fraction of sp³-hybridized carbons (Fsp3) is 0.125. The van der Waals surface area contributed by atoms with Gasteiger partial charge in [0.05, 0.1) is 0 Å². The van der Waals surface area contributed by atoms with E-state index in [4.69, 9.17) is 16.3 Å². The number of halogens is 2. The second-order valence-electron chi connectivity index (χ2n) is 6.89. The lowest BCUT2D eigenvalue weighted by Gasteiger charge is -2.09. The van der Waals surface area contributed by atoms with Gasteiger partial charge in [0.15, 0.2) is 6.61 Å². The van der Waals surface area contributed by atoms with Crippen LogP contribution in [-0.2, 0) is 4.79 Å². The van der Waals surface area contributed by atoms with Crippen molar-refractivity contribution >= 4 is 35.0 Å². The van der Waals surface area contributed by atoms with Gasteiger partial charge in [0, 0.05) is 34.9 Å². The molecule has 0 saturated heterocycles. The van der Waals surface area contributed by atoms with E-state index < -0.39 is 5.82 Å². The second-order valence-corrected chi connectivity index (χ2v) is 7.32. The maximum absolute atomic E-state index is 13.0. The first-order valence-electron chi connectivity index (χ1n) is 10.0. The number of carbonyl (C=O) groups excluding carboxylic acids is 3. The molecule has 0 unspecified atom stereocenters. The zero-order chi connectivity index (χ0) is 23.6. The van der Waals surface area contributed by atoms with Gasteiger partial charge in [0.2, 0.25) is 0 Å². The molecular formula is C24H21ClFN3O4. The number of hydrogen-bond donors (Lipinski definition) is 3. The molecule has 0 heterocycles. The summed E-state index contributed by atoms with van der Waals surface area (Å²) in [6.07, 6.45) is 0. The number of rotatable bonds is 9. The molecule has 0 saturated carbocycles. The van der Waals surface area contributed by atoms with Crippen molar-refractivity contribution in [1.29, 1.82) is 0 Å². The van der Waals surface area contributed by atoms with Crippen LogP contribution >= 0.6 is 11.6 Å². The van der Waals surface area contributed by atoms with Crippen molar-refractivity contribution in [2.24, 2.45) is 0 Å². The zero-order valence-corrected chi connectivity index (χ0v) is 18.2. The van der Waals surface area contributed by atoms with Crippen LogP contribution in [0.25, 0.3) is 0 Å². The topological polar surface area (TPSA) is 96.5 Å². The quantitative estimate of drug-likeness (QED) is 0.417. The maximum atomic E-state index is 13.0. The Morgan fingerprint density at radius 3 is 2.00 bits per heavy atom. The van der Waals surface area contributed by atoms with E-state index in [1.54, 1.807) is 48.5 Å². The zero-order valence-electron chi connectivity index (χ0n) is 17.4. The van der Waals surface area contributed by atoms with Crippen molar-refractivity contribution in [1.82, 2.24) is 10.6 Å². The highest BCUT2D eigenvalue weighted by Crippen LogP contribution is 2.15. The molecule has 33 heavy (non-hydrogen) atoms. The van der Waals surface area contributed by atoms with Crippen LogP contribution in [0.15, 0.2) is 72.8 Å². The minimum Gasteiger partial charge on any atom is -0.484 e. The van der Waals surface area contributed by atoms with Crippen molar-refractivity contribution in [2.75, 3.05) is 25.0 Å². The summed E-state index contributed by atoms with van der Waals surface area (Å²) >= 11 is 5.79. The molecule has 3 amide bonds.